The lowest BCUT2D eigenvalue weighted by Crippen LogP contribution is -2.61. The first-order valence-electron chi connectivity index (χ1n) is 14.4. The third-order valence-corrected chi connectivity index (χ3v) is 8.00. The van der Waals surface area contributed by atoms with Gasteiger partial charge >= 0.3 is 18.4 Å². The largest absolute Gasteiger partial charge is 0.449 e. The Kier molecular flexibility index (Phi) is 8.95. The van der Waals surface area contributed by atoms with Crippen LogP contribution in [0.15, 0.2) is 42.7 Å². The van der Waals surface area contributed by atoms with Crippen molar-refractivity contribution in [2.45, 2.75) is 57.0 Å². The summed E-state index contributed by atoms with van der Waals surface area (Å²) in [5.74, 6) is -0.432. The topological polar surface area (TPSA) is 107 Å². The van der Waals surface area contributed by atoms with Gasteiger partial charge < -0.3 is 20.1 Å². The molecule has 15 heteroatoms. The Morgan fingerprint density at radius 1 is 1.04 bits per heavy atom. The fourth-order valence-corrected chi connectivity index (χ4v) is 5.74. The van der Waals surface area contributed by atoms with Crippen LogP contribution in [-0.2, 0) is 28.2 Å². The van der Waals surface area contributed by atoms with E-state index in [2.05, 4.69) is 9.97 Å². The number of hydrogen-bond donors (Lipinski definition) is 1. The van der Waals surface area contributed by atoms with E-state index in [1.165, 1.54) is 17.3 Å². The van der Waals surface area contributed by atoms with E-state index in [0.29, 0.717) is 61.9 Å². The summed E-state index contributed by atoms with van der Waals surface area (Å²) in [6, 6.07) is 4.83. The van der Waals surface area contributed by atoms with Gasteiger partial charge in [-0.2, -0.15) is 26.3 Å². The van der Waals surface area contributed by atoms with Crippen LogP contribution in [0.5, 0.6) is 0 Å². The van der Waals surface area contributed by atoms with Gasteiger partial charge in [-0.15, -0.1) is 0 Å². The van der Waals surface area contributed by atoms with Crippen molar-refractivity contribution in [3.8, 4) is 0 Å². The second-order valence-corrected chi connectivity index (χ2v) is 10.9. The summed E-state index contributed by atoms with van der Waals surface area (Å²) in [6.45, 7) is 5.20. The van der Waals surface area contributed by atoms with E-state index in [1.54, 1.807) is 19.1 Å². The molecule has 2 N–H and O–H groups in total. The maximum atomic E-state index is 13.7. The van der Waals surface area contributed by atoms with Crippen LogP contribution < -0.4 is 15.5 Å². The first-order valence-corrected chi connectivity index (χ1v) is 14.4. The molecule has 1 fully saturated rings. The van der Waals surface area contributed by atoms with Crippen LogP contribution in [0, 0.1) is 0 Å². The first-order chi connectivity index (χ1) is 21.2. The maximum Gasteiger partial charge on any atom is 0.416 e. The number of pyridine rings is 1. The molecule has 5 rings (SSSR count). The molecule has 1 saturated heterocycles. The maximum absolute atomic E-state index is 13.7. The third kappa shape index (κ3) is 6.69. The minimum Gasteiger partial charge on any atom is -0.449 e. The van der Waals surface area contributed by atoms with Gasteiger partial charge in [-0.25, -0.2) is 14.8 Å². The molecule has 2 aromatic heterocycles. The highest BCUT2D eigenvalue weighted by molar-refractivity contribution is 5.91. The van der Waals surface area contributed by atoms with Crippen LogP contribution in [0.4, 0.5) is 42.5 Å². The normalized spacial score (nSPS) is 20.6. The fourth-order valence-electron chi connectivity index (χ4n) is 5.74. The molecule has 1 amide bonds. The molecular formula is C30H32F6N6O3. The Hall–Kier alpha value is -3.98. The molecule has 2 aliphatic rings. The minimum atomic E-state index is -4.99. The Bertz CT molecular complexity index is 1510. The molecule has 2 atom stereocenters. The Morgan fingerprint density at radius 2 is 1.71 bits per heavy atom. The second kappa shape index (κ2) is 12.4. The van der Waals surface area contributed by atoms with E-state index in [9.17, 15) is 31.1 Å². The van der Waals surface area contributed by atoms with Gasteiger partial charge in [-0.05, 0) is 55.7 Å². The lowest BCUT2D eigenvalue weighted by Gasteiger charge is -2.46. The molecule has 0 radical (unpaired) electrons. The molecule has 242 valence electrons. The smallest absolute Gasteiger partial charge is 0.416 e. The van der Waals surface area contributed by atoms with Crippen molar-refractivity contribution in [3.63, 3.8) is 0 Å². The number of rotatable bonds is 6. The summed E-state index contributed by atoms with van der Waals surface area (Å²) >= 11 is 0. The van der Waals surface area contributed by atoms with Crippen molar-refractivity contribution >= 4 is 17.5 Å². The van der Waals surface area contributed by atoms with E-state index in [0.717, 1.165) is 0 Å². The van der Waals surface area contributed by atoms with E-state index in [4.69, 9.17) is 20.2 Å². The van der Waals surface area contributed by atoms with Crippen LogP contribution in [0.2, 0.25) is 0 Å². The molecule has 0 bridgehead atoms. The van der Waals surface area contributed by atoms with Gasteiger partial charge in [0.1, 0.15) is 11.5 Å². The Labute approximate surface area is 255 Å². The van der Waals surface area contributed by atoms with E-state index in [1.807, 2.05) is 11.8 Å². The first kappa shape index (κ1) is 32.4. The molecule has 2 aliphatic heterocycles. The van der Waals surface area contributed by atoms with Crippen molar-refractivity contribution < 1.29 is 40.6 Å². The van der Waals surface area contributed by atoms with Gasteiger partial charge in [0, 0.05) is 25.7 Å². The summed E-state index contributed by atoms with van der Waals surface area (Å²) in [4.78, 5) is 30.2. The molecule has 1 aromatic carbocycles. The third-order valence-electron chi connectivity index (χ3n) is 8.00. The number of benzene rings is 1. The summed E-state index contributed by atoms with van der Waals surface area (Å²) in [6.07, 6.45) is -7.47. The summed E-state index contributed by atoms with van der Waals surface area (Å²) in [5.41, 5.74) is 4.07. The van der Waals surface area contributed by atoms with Gasteiger partial charge in [-0.3, -0.25) is 9.88 Å². The molecule has 3 aromatic rings. The summed E-state index contributed by atoms with van der Waals surface area (Å²) in [7, 11) is 0. The Balaban J connectivity index is 1.63. The number of carbonyl (C=O) groups excluding carboxylic acids is 1. The van der Waals surface area contributed by atoms with Crippen LogP contribution in [0.25, 0.3) is 0 Å². The number of alkyl halides is 6. The average Bonchev–Trinajstić information content (AvgIpc) is 3.00. The molecule has 0 aliphatic carbocycles. The predicted molar refractivity (Wildman–Crippen MR) is 152 cm³/mol. The van der Waals surface area contributed by atoms with Crippen LogP contribution in [-0.4, -0.2) is 59.6 Å². The predicted octanol–water partition coefficient (Wildman–Crippen LogP) is 5.90. The van der Waals surface area contributed by atoms with Gasteiger partial charge in [-0.1, -0.05) is 6.92 Å². The minimum absolute atomic E-state index is 0.100. The van der Waals surface area contributed by atoms with Gasteiger partial charge in [0.15, 0.2) is 0 Å². The number of fused-ring (bicyclic) bond motifs is 1. The van der Waals surface area contributed by atoms with Crippen LogP contribution in [0.1, 0.15) is 66.5 Å². The highest BCUT2D eigenvalue weighted by Gasteiger charge is 2.47. The van der Waals surface area contributed by atoms with Crippen molar-refractivity contribution in [1.82, 2.24) is 15.0 Å². The summed E-state index contributed by atoms with van der Waals surface area (Å²) in [5, 5.41) is 0. The molecule has 45 heavy (non-hydrogen) atoms. The quantitative estimate of drug-likeness (QED) is 0.333. The molecule has 4 heterocycles. The molecule has 0 unspecified atom stereocenters. The number of nitrogens with two attached hydrogens (primary N) is 1. The summed E-state index contributed by atoms with van der Waals surface area (Å²) < 4.78 is 92.7. The van der Waals surface area contributed by atoms with Crippen LogP contribution in [0.3, 0.4) is 0 Å². The fraction of sp³-hybridized carbons (Fsp3) is 0.467. The number of anilines is 2. The highest BCUT2D eigenvalue weighted by Crippen LogP contribution is 2.45. The van der Waals surface area contributed by atoms with Gasteiger partial charge in [0.25, 0.3) is 0 Å². The molecule has 0 spiro atoms. The van der Waals surface area contributed by atoms with Crippen molar-refractivity contribution in [3.05, 3.63) is 76.6 Å². The number of halogens is 6. The lowest BCUT2D eigenvalue weighted by molar-refractivity contribution is -0.143. The standard InChI is InChI=1S/C30H32F6N6O3/c1-3-28(37)16-21(25-23(6-5-7-38-25)42(28)27(43)45-4-2)26-39-17-24(41-8-10-44-11-9-41)22(40-26)14-18-12-19(29(31,32)33)15-20(13-18)30(34,35)36/h5-7,12-13,15,17,21H,3-4,8-11,14,16,37H2,1-2H3/t21-,28+/m0/s1. The number of ether oxygens (including phenoxy) is 2. The van der Waals surface area contributed by atoms with Crippen molar-refractivity contribution in [2.24, 2.45) is 5.73 Å². The SMILES string of the molecule is CCOC(=O)N1c2cccnc2[C@@H](c2ncc(N3CCOCC3)c(Cc3cc(C(F)(F)F)cc(C(F)(F)F)c3)n2)C[C@@]1(N)CC. The number of hydrogen-bond acceptors (Lipinski definition) is 8. The number of nitrogens with zero attached hydrogens (tertiary/aromatic N) is 5. The average molecular weight is 639 g/mol. The lowest BCUT2D eigenvalue weighted by atomic mass is 9.83. The zero-order valence-electron chi connectivity index (χ0n) is 24.6. The highest BCUT2D eigenvalue weighted by atomic mass is 19.4. The second-order valence-electron chi connectivity index (χ2n) is 10.9. The molecule has 0 saturated carbocycles. The van der Waals surface area contributed by atoms with E-state index >= 15 is 0 Å². The van der Waals surface area contributed by atoms with E-state index < -0.39 is 41.2 Å². The molecular weight excluding hydrogens is 606 g/mol. The number of carbonyl (C=O) groups is 1. The zero-order valence-corrected chi connectivity index (χ0v) is 24.6. The van der Waals surface area contributed by atoms with Gasteiger partial charge in [0.05, 0.1) is 65.8 Å². The monoisotopic (exact) mass is 638 g/mol. The zero-order chi connectivity index (χ0) is 32.6. The number of aromatic nitrogens is 3. The van der Waals surface area contributed by atoms with Crippen molar-refractivity contribution in [1.29, 1.82) is 0 Å². The van der Waals surface area contributed by atoms with Crippen molar-refractivity contribution in [2.75, 3.05) is 42.7 Å². The Morgan fingerprint density at radius 3 is 2.31 bits per heavy atom. The molecule has 9 nitrogen and oxygen atoms in total. The van der Waals surface area contributed by atoms with Crippen LogP contribution >= 0.6 is 0 Å². The van der Waals surface area contributed by atoms with Gasteiger partial charge in [0.2, 0.25) is 0 Å². The number of morpholine rings is 1. The number of amides is 1. The van der Waals surface area contributed by atoms with E-state index in [-0.39, 0.29) is 42.6 Å².